The van der Waals surface area contributed by atoms with Crippen molar-refractivity contribution in [3.63, 3.8) is 0 Å². The molecule has 0 atom stereocenters. The van der Waals surface area contributed by atoms with Crippen molar-refractivity contribution in [2.24, 2.45) is 0 Å². The number of hydrogen-bond donors (Lipinski definition) is 1. The predicted octanol–water partition coefficient (Wildman–Crippen LogP) is 2.34. The van der Waals surface area contributed by atoms with Gasteiger partial charge in [-0.2, -0.15) is 0 Å². The van der Waals surface area contributed by atoms with E-state index in [-0.39, 0.29) is 12.0 Å². The van der Waals surface area contributed by atoms with Gasteiger partial charge in [-0.15, -0.1) is 0 Å². The lowest BCUT2D eigenvalue weighted by atomic mass is 9.91. The van der Waals surface area contributed by atoms with Crippen molar-refractivity contribution in [3.8, 4) is 0 Å². The highest BCUT2D eigenvalue weighted by Crippen LogP contribution is 2.24. The Morgan fingerprint density at radius 3 is 2.47 bits per heavy atom. The molecule has 0 aromatic carbocycles. The van der Waals surface area contributed by atoms with Crippen LogP contribution in [0.1, 0.15) is 39.0 Å². The fourth-order valence-corrected chi connectivity index (χ4v) is 1.84. The van der Waals surface area contributed by atoms with E-state index in [1.54, 1.807) is 7.11 Å². The molecule has 0 unspecified atom stereocenters. The summed E-state index contributed by atoms with van der Waals surface area (Å²) in [4.78, 5) is 6.90. The molecule has 108 valence electrons. The first-order valence-electron chi connectivity index (χ1n) is 6.78. The fourth-order valence-electron chi connectivity index (χ4n) is 1.84. The summed E-state index contributed by atoms with van der Waals surface area (Å²) < 4.78 is 5.13. The first-order chi connectivity index (χ1) is 8.92. The minimum absolute atomic E-state index is 0.0272. The van der Waals surface area contributed by atoms with Crippen molar-refractivity contribution < 1.29 is 9.84 Å². The quantitative estimate of drug-likeness (QED) is 0.858. The van der Waals surface area contributed by atoms with Crippen LogP contribution in [0.4, 0.5) is 5.82 Å². The molecule has 0 fully saturated rings. The van der Waals surface area contributed by atoms with Gasteiger partial charge in [-0.3, -0.25) is 0 Å². The molecule has 0 amide bonds. The number of aromatic nitrogens is 1. The molecule has 1 N–H and O–H groups in total. The highest BCUT2D eigenvalue weighted by atomic mass is 16.5. The van der Waals surface area contributed by atoms with Crippen LogP contribution in [0.3, 0.4) is 0 Å². The number of nitrogens with zero attached hydrogens (tertiary/aromatic N) is 2. The van der Waals surface area contributed by atoms with Crippen LogP contribution in [0, 0.1) is 0 Å². The molecular weight excluding hydrogens is 240 g/mol. The smallest absolute Gasteiger partial charge is 0.129 e. The van der Waals surface area contributed by atoms with E-state index in [0.717, 1.165) is 30.2 Å². The van der Waals surface area contributed by atoms with E-state index in [9.17, 15) is 5.11 Å². The normalized spacial score (nSPS) is 11.7. The van der Waals surface area contributed by atoms with E-state index in [1.807, 2.05) is 12.1 Å². The highest BCUT2D eigenvalue weighted by molar-refractivity contribution is 5.43. The average molecular weight is 266 g/mol. The van der Waals surface area contributed by atoms with E-state index in [2.05, 4.69) is 32.6 Å². The third-order valence-corrected chi connectivity index (χ3v) is 3.09. The average Bonchev–Trinajstić information content (AvgIpc) is 2.38. The van der Waals surface area contributed by atoms with E-state index in [4.69, 9.17) is 9.72 Å². The van der Waals surface area contributed by atoms with Crippen LogP contribution in [-0.4, -0.2) is 36.9 Å². The zero-order valence-electron chi connectivity index (χ0n) is 12.7. The number of anilines is 1. The first kappa shape index (κ1) is 15.9. The molecule has 0 bridgehead atoms. The first-order valence-corrected chi connectivity index (χ1v) is 6.78. The van der Waals surface area contributed by atoms with Gasteiger partial charge in [0.2, 0.25) is 0 Å². The summed E-state index contributed by atoms with van der Waals surface area (Å²) in [6.07, 6.45) is 0. The Morgan fingerprint density at radius 2 is 2.00 bits per heavy atom. The van der Waals surface area contributed by atoms with E-state index in [0.29, 0.717) is 6.61 Å². The fraction of sp³-hybridized carbons (Fsp3) is 0.667. The number of aliphatic hydroxyl groups is 1. The molecule has 0 radical (unpaired) electrons. The minimum atomic E-state index is -0.0272. The zero-order chi connectivity index (χ0) is 14.5. The lowest BCUT2D eigenvalue weighted by Gasteiger charge is -2.25. The second kappa shape index (κ2) is 6.87. The number of hydrogen-bond acceptors (Lipinski definition) is 4. The molecule has 0 spiro atoms. The van der Waals surface area contributed by atoms with Crippen molar-refractivity contribution in [3.05, 3.63) is 23.4 Å². The molecule has 0 aliphatic carbocycles. The van der Waals surface area contributed by atoms with E-state index < -0.39 is 0 Å². The number of ether oxygens (including phenoxy) is 1. The minimum Gasteiger partial charge on any atom is -0.392 e. The summed E-state index contributed by atoms with van der Waals surface area (Å²) >= 11 is 0. The van der Waals surface area contributed by atoms with Crippen LogP contribution in [-0.2, 0) is 16.8 Å². The summed E-state index contributed by atoms with van der Waals surface area (Å²) in [6.45, 7) is 10.9. The summed E-state index contributed by atoms with van der Waals surface area (Å²) in [6, 6.07) is 3.93. The highest BCUT2D eigenvalue weighted by Gasteiger charge is 2.18. The molecule has 1 aromatic rings. The molecule has 1 heterocycles. The third kappa shape index (κ3) is 4.48. The van der Waals surface area contributed by atoms with Gasteiger partial charge >= 0.3 is 0 Å². The Balaban J connectivity index is 3.11. The van der Waals surface area contributed by atoms with Gasteiger partial charge in [0.1, 0.15) is 5.82 Å². The maximum Gasteiger partial charge on any atom is 0.129 e. The predicted molar refractivity (Wildman–Crippen MR) is 78.6 cm³/mol. The van der Waals surface area contributed by atoms with Gasteiger partial charge in [-0.1, -0.05) is 20.8 Å². The van der Waals surface area contributed by atoms with Gasteiger partial charge in [-0.05, 0) is 24.6 Å². The molecule has 0 saturated heterocycles. The zero-order valence-corrected chi connectivity index (χ0v) is 12.7. The lowest BCUT2D eigenvalue weighted by molar-refractivity contribution is 0.205. The molecule has 1 rings (SSSR count). The molecule has 4 heteroatoms. The Hall–Kier alpha value is -1.13. The Morgan fingerprint density at radius 1 is 1.32 bits per heavy atom. The summed E-state index contributed by atoms with van der Waals surface area (Å²) in [5, 5.41) is 9.41. The summed E-state index contributed by atoms with van der Waals surface area (Å²) in [7, 11) is 1.70. The number of rotatable bonds is 6. The Labute approximate surface area is 116 Å². The van der Waals surface area contributed by atoms with Crippen molar-refractivity contribution in [2.45, 2.75) is 39.7 Å². The summed E-state index contributed by atoms with van der Waals surface area (Å²) in [5.74, 6) is 0.913. The lowest BCUT2D eigenvalue weighted by Crippen LogP contribution is -2.29. The van der Waals surface area contributed by atoms with E-state index in [1.165, 1.54) is 0 Å². The number of likely N-dealkylation sites (N-methyl/N-ethyl adjacent to an activating group) is 1. The topological polar surface area (TPSA) is 45.6 Å². The molecule has 1 aromatic heterocycles. The van der Waals surface area contributed by atoms with Crippen molar-refractivity contribution in [1.29, 1.82) is 0 Å². The van der Waals surface area contributed by atoms with Crippen LogP contribution in [0.2, 0.25) is 0 Å². The van der Waals surface area contributed by atoms with Crippen LogP contribution >= 0.6 is 0 Å². The Bertz CT molecular complexity index is 400. The monoisotopic (exact) mass is 266 g/mol. The van der Waals surface area contributed by atoms with Gasteiger partial charge in [0, 0.05) is 31.3 Å². The van der Waals surface area contributed by atoms with Crippen molar-refractivity contribution in [2.75, 3.05) is 31.7 Å². The van der Waals surface area contributed by atoms with Crippen LogP contribution in [0.5, 0.6) is 0 Å². The molecule has 4 nitrogen and oxygen atoms in total. The second-order valence-corrected chi connectivity index (χ2v) is 5.70. The molecule has 0 saturated carbocycles. The molecule has 0 aliphatic rings. The summed E-state index contributed by atoms with van der Waals surface area (Å²) in [5.41, 5.74) is 1.89. The van der Waals surface area contributed by atoms with Gasteiger partial charge in [0.25, 0.3) is 0 Å². The van der Waals surface area contributed by atoms with Gasteiger partial charge in [0.15, 0.2) is 0 Å². The van der Waals surface area contributed by atoms with Gasteiger partial charge < -0.3 is 14.7 Å². The standard InChI is InChI=1S/C15H26N2O2/c1-6-17(7-8-19-5)14-10-12(11-18)9-13(16-14)15(2,3)4/h9-10,18H,6-8,11H2,1-5H3. The maximum absolute atomic E-state index is 9.41. The van der Waals surface area contributed by atoms with Crippen LogP contribution < -0.4 is 4.90 Å². The third-order valence-electron chi connectivity index (χ3n) is 3.09. The van der Waals surface area contributed by atoms with Crippen molar-refractivity contribution in [1.82, 2.24) is 4.98 Å². The molecule has 19 heavy (non-hydrogen) atoms. The van der Waals surface area contributed by atoms with Crippen LogP contribution in [0.15, 0.2) is 12.1 Å². The van der Waals surface area contributed by atoms with Crippen molar-refractivity contribution >= 4 is 5.82 Å². The van der Waals surface area contributed by atoms with Gasteiger partial charge in [0.05, 0.1) is 13.2 Å². The second-order valence-electron chi connectivity index (χ2n) is 5.70. The maximum atomic E-state index is 9.41. The number of pyridine rings is 1. The Kier molecular flexibility index (Phi) is 5.76. The molecule has 0 aliphatic heterocycles. The SMILES string of the molecule is CCN(CCOC)c1cc(CO)cc(C(C)(C)C)n1. The van der Waals surface area contributed by atoms with E-state index >= 15 is 0 Å². The molecular formula is C15H26N2O2. The largest absolute Gasteiger partial charge is 0.392 e. The number of aliphatic hydroxyl groups excluding tert-OH is 1. The van der Waals surface area contributed by atoms with Gasteiger partial charge in [-0.25, -0.2) is 4.98 Å². The van der Waals surface area contributed by atoms with Crippen LogP contribution in [0.25, 0.3) is 0 Å². The number of methoxy groups -OCH3 is 1.